The van der Waals surface area contributed by atoms with Crippen molar-refractivity contribution in [3.8, 4) is 17.2 Å². The Hall–Kier alpha value is -3.26. The third-order valence-corrected chi connectivity index (χ3v) is 6.25. The van der Waals surface area contributed by atoms with Crippen LogP contribution in [-0.2, 0) is 6.42 Å². The maximum absolute atomic E-state index is 11.8. The summed E-state index contributed by atoms with van der Waals surface area (Å²) in [5, 5.41) is 4.61. The van der Waals surface area contributed by atoms with Crippen molar-refractivity contribution >= 4 is 28.3 Å². The Morgan fingerprint density at radius 1 is 1.19 bits per heavy atom. The third kappa shape index (κ3) is 4.10. The van der Waals surface area contributed by atoms with Crippen LogP contribution in [0, 0.1) is 6.92 Å². The summed E-state index contributed by atoms with van der Waals surface area (Å²) >= 11 is 5.57. The van der Waals surface area contributed by atoms with E-state index < -0.39 is 0 Å². The smallest absolute Gasteiger partial charge is 0.336 e. The molecular formula is C24H26N2O5S. The molecule has 2 heterocycles. The SMILES string of the molecule is CNC(=S)N1CCc2cc(OC)c(OC)cc2[C@H]1COc1ccc2c(C)cc(=O)oc2c1. The molecule has 0 aliphatic carbocycles. The average Bonchev–Trinajstić information content (AvgIpc) is 2.80. The summed E-state index contributed by atoms with van der Waals surface area (Å²) in [7, 11) is 5.08. The van der Waals surface area contributed by atoms with Gasteiger partial charge in [0, 0.05) is 31.1 Å². The number of fused-ring (bicyclic) bond motifs is 2. The maximum atomic E-state index is 11.8. The molecule has 7 nitrogen and oxygen atoms in total. The van der Waals surface area contributed by atoms with E-state index >= 15 is 0 Å². The summed E-state index contributed by atoms with van der Waals surface area (Å²) in [5.74, 6) is 1.99. The van der Waals surface area contributed by atoms with Gasteiger partial charge in [-0.25, -0.2) is 4.79 Å². The zero-order valence-corrected chi connectivity index (χ0v) is 19.4. The minimum Gasteiger partial charge on any atom is -0.493 e. The zero-order valence-electron chi connectivity index (χ0n) is 18.6. The second kappa shape index (κ2) is 9.08. The third-order valence-electron chi connectivity index (χ3n) is 5.81. The molecule has 32 heavy (non-hydrogen) atoms. The van der Waals surface area contributed by atoms with E-state index in [-0.39, 0.29) is 11.7 Å². The quantitative estimate of drug-likeness (QED) is 0.463. The lowest BCUT2D eigenvalue weighted by Gasteiger charge is -2.38. The molecule has 8 heteroatoms. The van der Waals surface area contributed by atoms with Gasteiger partial charge in [0.05, 0.1) is 20.3 Å². The molecular weight excluding hydrogens is 428 g/mol. The van der Waals surface area contributed by atoms with E-state index in [1.807, 2.05) is 38.2 Å². The van der Waals surface area contributed by atoms with Crippen molar-refractivity contribution in [2.24, 2.45) is 0 Å². The minimum absolute atomic E-state index is 0.126. The number of hydrogen-bond donors (Lipinski definition) is 1. The summed E-state index contributed by atoms with van der Waals surface area (Å²) in [4.78, 5) is 13.9. The number of benzene rings is 2. The van der Waals surface area contributed by atoms with Gasteiger partial charge in [-0.3, -0.25) is 0 Å². The number of nitrogens with zero attached hydrogens (tertiary/aromatic N) is 1. The second-order valence-electron chi connectivity index (χ2n) is 7.64. The standard InChI is InChI=1S/C24H26N2O5S/c1-14-9-23(27)31-20-11-16(5-6-17(14)20)30-13-19-18-12-22(29-4)21(28-3)10-15(18)7-8-26(19)24(32)25-2/h5-6,9-12,19H,7-8,13H2,1-4H3,(H,25,32)/t19-/m1/s1. The van der Waals surface area contributed by atoms with Crippen molar-refractivity contribution in [2.75, 3.05) is 34.4 Å². The molecule has 0 fully saturated rings. The molecule has 168 valence electrons. The van der Waals surface area contributed by atoms with Crippen LogP contribution in [0.3, 0.4) is 0 Å². The van der Waals surface area contributed by atoms with Gasteiger partial charge in [-0.15, -0.1) is 0 Å². The van der Waals surface area contributed by atoms with Crippen LogP contribution in [0.1, 0.15) is 22.7 Å². The Balaban J connectivity index is 1.68. The summed E-state index contributed by atoms with van der Waals surface area (Å²) in [6, 6.07) is 10.9. The van der Waals surface area contributed by atoms with Crippen molar-refractivity contribution < 1.29 is 18.6 Å². The molecule has 4 rings (SSSR count). The number of hydrogen-bond acceptors (Lipinski definition) is 6. The van der Waals surface area contributed by atoms with Crippen LogP contribution < -0.4 is 25.2 Å². The van der Waals surface area contributed by atoms with Gasteiger partial charge in [-0.2, -0.15) is 0 Å². The number of thiocarbonyl (C=S) groups is 1. The molecule has 0 bridgehead atoms. The zero-order chi connectivity index (χ0) is 22.8. The molecule has 2 aromatic carbocycles. The van der Waals surface area contributed by atoms with Gasteiger partial charge in [0.15, 0.2) is 16.6 Å². The molecule has 0 saturated carbocycles. The Labute approximate surface area is 191 Å². The van der Waals surface area contributed by atoms with E-state index in [1.54, 1.807) is 20.3 Å². The van der Waals surface area contributed by atoms with E-state index in [2.05, 4.69) is 10.2 Å². The number of methoxy groups -OCH3 is 2. The molecule has 1 aromatic heterocycles. The lowest BCUT2D eigenvalue weighted by atomic mass is 9.92. The topological polar surface area (TPSA) is 73.2 Å². The second-order valence-corrected chi connectivity index (χ2v) is 8.02. The van der Waals surface area contributed by atoms with Gasteiger partial charge in [-0.1, -0.05) is 0 Å². The normalized spacial score (nSPS) is 15.2. The minimum atomic E-state index is -0.375. The van der Waals surface area contributed by atoms with E-state index in [1.165, 1.54) is 11.6 Å². The molecule has 1 N–H and O–H groups in total. The van der Waals surface area contributed by atoms with Crippen molar-refractivity contribution in [3.63, 3.8) is 0 Å². The predicted octanol–water partition coefficient (Wildman–Crippen LogP) is 3.60. The van der Waals surface area contributed by atoms with Crippen LogP contribution in [0.15, 0.2) is 45.6 Å². The number of nitrogens with one attached hydrogen (secondary N) is 1. The molecule has 1 aliphatic rings. The summed E-state index contributed by atoms with van der Waals surface area (Å²) in [6.45, 7) is 2.99. The highest BCUT2D eigenvalue weighted by atomic mass is 32.1. The molecule has 0 unspecified atom stereocenters. The monoisotopic (exact) mass is 454 g/mol. The van der Waals surface area contributed by atoms with Crippen LogP contribution in [0.5, 0.6) is 17.2 Å². The lowest BCUT2D eigenvalue weighted by molar-refractivity contribution is 0.187. The number of aryl methyl sites for hydroxylation is 1. The van der Waals surface area contributed by atoms with E-state index in [9.17, 15) is 4.79 Å². The van der Waals surface area contributed by atoms with Crippen molar-refractivity contribution in [1.29, 1.82) is 0 Å². The Bertz CT molecular complexity index is 1220. The van der Waals surface area contributed by atoms with Crippen molar-refractivity contribution in [2.45, 2.75) is 19.4 Å². The highest BCUT2D eigenvalue weighted by Crippen LogP contribution is 2.38. The largest absolute Gasteiger partial charge is 0.493 e. The lowest BCUT2D eigenvalue weighted by Crippen LogP contribution is -2.46. The molecule has 1 aliphatic heterocycles. The molecule has 0 amide bonds. The Morgan fingerprint density at radius 2 is 1.94 bits per heavy atom. The first kappa shape index (κ1) is 22.0. The van der Waals surface area contributed by atoms with Gasteiger partial charge in [-0.05, 0) is 66.5 Å². The Kier molecular flexibility index (Phi) is 6.23. The maximum Gasteiger partial charge on any atom is 0.336 e. The van der Waals surface area contributed by atoms with Gasteiger partial charge >= 0.3 is 5.63 Å². The summed E-state index contributed by atoms with van der Waals surface area (Å²) in [5.41, 5.74) is 3.25. The van der Waals surface area contributed by atoms with E-state index in [0.717, 1.165) is 29.5 Å². The number of rotatable bonds is 5. The van der Waals surface area contributed by atoms with Crippen LogP contribution in [0.4, 0.5) is 0 Å². The summed E-state index contributed by atoms with van der Waals surface area (Å²) in [6.07, 6.45) is 0.828. The van der Waals surface area contributed by atoms with Crippen molar-refractivity contribution in [1.82, 2.24) is 10.2 Å². The van der Waals surface area contributed by atoms with Crippen LogP contribution in [-0.4, -0.2) is 44.4 Å². The molecule has 0 spiro atoms. The van der Waals surface area contributed by atoms with Crippen LogP contribution >= 0.6 is 12.2 Å². The highest BCUT2D eigenvalue weighted by Gasteiger charge is 2.31. The first-order chi connectivity index (χ1) is 15.4. The molecule has 0 saturated heterocycles. The predicted molar refractivity (Wildman–Crippen MR) is 127 cm³/mol. The van der Waals surface area contributed by atoms with Crippen LogP contribution in [0.25, 0.3) is 11.0 Å². The number of ether oxygens (including phenoxy) is 3. The van der Waals surface area contributed by atoms with E-state index in [4.69, 9.17) is 30.8 Å². The molecule has 3 aromatic rings. The van der Waals surface area contributed by atoms with Gasteiger partial charge in [0.25, 0.3) is 0 Å². The highest BCUT2D eigenvalue weighted by molar-refractivity contribution is 7.80. The van der Waals surface area contributed by atoms with Crippen LogP contribution in [0.2, 0.25) is 0 Å². The summed E-state index contributed by atoms with van der Waals surface area (Å²) < 4.78 is 22.5. The fourth-order valence-corrected chi connectivity index (χ4v) is 4.38. The molecule has 0 radical (unpaired) electrons. The fourth-order valence-electron chi connectivity index (χ4n) is 4.16. The Morgan fingerprint density at radius 3 is 2.66 bits per heavy atom. The average molecular weight is 455 g/mol. The fraction of sp³-hybridized carbons (Fsp3) is 0.333. The first-order valence-electron chi connectivity index (χ1n) is 10.4. The van der Waals surface area contributed by atoms with Gasteiger partial charge < -0.3 is 28.8 Å². The van der Waals surface area contributed by atoms with Gasteiger partial charge in [0.1, 0.15) is 17.9 Å². The molecule has 1 atom stereocenters. The van der Waals surface area contributed by atoms with E-state index in [0.29, 0.717) is 34.6 Å². The van der Waals surface area contributed by atoms with Gasteiger partial charge in [0.2, 0.25) is 0 Å². The van der Waals surface area contributed by atoms with Crippen molar-refractivity contribution in [3.05, 3.63) is 63.5 Å². The first-order valence-corrected chi connectivity index (χ1v) is 10.8.